The second-order valence-electron chi connectivity index (χ2n) is 3.14. The second-order valence-corrected chi connectivity index (χ2v) is 3.14. The Kier molecular flexibility index (Phi) is 2.05. The lowest BCUT2D eigenvalue weighted by Crippen LogP contribution is -2.21. The van der Waals surface area contributed by atoms with Crippen LogP contribution in [0.3, 0.4) is 0 Å². The molecule has 0 saturated carbocycles. The number of nitrogen functional groups attached to an aromatic ring is 2. The van der Waals surface area contributed by atoms with Crippen LogP contribution in [0.1, 0.15) is 31.2 Å². The number of hydrogen-bond donors (Lipinski definition) is 2. The minimum Gasteiger partial charge on any atom is -0.370 e. The SMILES string of the molecule is Nc1nnc(C2CCCCO2)n1N. The van der Waals surface area contributed by atoms with E-state index in [2.05, 4.69) is 10.2 Å². The van der Waals surface area contributed by atoms with Gasteiger partial charge in [0.1, 0.15) is 6.10 Å². The molecule has 1 aliphatic rings. The van der Waals surface area contributed by atoms with E-state index in [-0.39, 0.29) is 12.1 Å². The molecule has 13 heavy (non-hydrogen) atoms. The largest absolute Gasteiger partial charge is 0.370 e. The van der Waals surface area contributed by atoms with Crippen LogP contribution in [0.15, 0.2) is 0 Å². The molecule has 0 amide bonds. The molecule has 0 aromatic carbocycles. The number of anilines is 1. The van der Waals surface area contributed by atoms with E-state index < -0.39 is 0 Å². The first kappa shape index (κ1) is 8.31. The van der Waals surface area contributed by atoms with Crippen LogP contribution in [0.25, 0.3) is 0 Å². The van der Waals surface area contributed by atoms with Gasteiger partial charge in [-0.1, -0.05) is 0 Å². The number of nitrogens with two attached hydrogens (primary N) is 2. The Balaban J connectivity index is 2.18. The van der Waals surface area contributed by atoms with Crippen LogP contribution in [-0.4, -0.2) is 21.5 Å². The Bertz CT molecular complexity index is 291. The van der Waals surface area contributed by atoms with Crippen LogP contribution >= 0.6 is 0 Å². The number of nitrogens with zero attached hydrogens (tertiary/aromatic N) is 3. The van der Waals surface area contributed by atoms with Crippen molar-refractivity contribution < 1.29 is 4.74 Å². The molecule has 1 saturated heterocycles. The fraction of sp³-hybridized carbons (Fsp3) is 0.714. The van der Waals surface area contributed by atoms with Gasteiger partial charge in [-0.05, 0) is 19.3 Å². The van der Waals surface area contributed by atoms with Gasteiger partial charge in [0.2, 0.25) is 5.95 Å². The first-order valence-electron chi connectivity index (χ1n) is 4.36. The van der Waals surface area contributed by atoms with Crippen LogP contribution in [0.4, 0.5) is 5.95 Å². The quantitative estimate of drug-likeness (QED) is 0.589. The van der Waals surface area contributed by atoms with Gasteiger partial charge < -0.3 is 16.3 Å². The summed E-state index contributed by atoms with van der Waals surface area (Å²) in [5.41, 5.74) is 5.46. The van der Waals surface area contributed by atoms with Crippen molar-refractivity contribution >= 4 is 5.95 Å². The second kappa shape index (κ2) is 3.21. The van der Waals surface area contributed by atoms with Crippen LogP contribution < -0.4 is 11.6 Å². The highest BCUT2D eigenvalue weighted by Crippen LogP contribution is 2.25. The van der Waals surface area contributed by atoms with Gasteiger partial charge in [-0.3, -0.25) is 0 Å². The van der Waals surface area contributed by atoms with E-state index in [0.717, 1.165) is 25.9 Å². The standard InChI is InChI=1S/C7H13N5O/c8-7-11-10-6(12(7)9)5-3-1-2-4-13-5/h5H,1-4,9H2,(H2,8,11). The van der Waals surface area contributed by atoms with Crippen LogP contribution in [0, 0.1) is 0 Å². The van der Waals surface area contributed by atoms with E-state index in [4.69, 9.17) is 16.3 Å². The van der Waals surface area contributed by atoms with Crippen molar-refractivity contribution in [1.82, 2.24) is 14.9 Å². The van der Waals surface area contributed by atoms with E-state index in [1.165, 1.54) is 4.68 Å². The maximum atomic E-state index is 5.62. The Hall–Kier alpha value is -1.30. The minimum absolute atomic E-state index is 0.0384. The monoisotopic (exact) mass is 183 g/mol. The first-order valence-corrected chi connectivity index (χ1v) is 4.36. The topological polar surface area (TPSA) is 92.0 Å². The molecule has 6 heteroatoms. The molecule has 1 atom stereocenters. The maximum absolute atomic E-state index is 5.62. The van der Waals surface area contributed by atoms with Gasteiger partial charge in [0, 0.05) is 6.61 Å². The smallest absolute Gasteiger partial charge is 0.240 e. The molecule has 1 aliphatic heterocycles. The highest BCUT2D eigenvalue weighted by atomic mass is 16.5. The lowest BCUT2D eigenvalue weighted by atomic mass is 10.1. The van der Waals surface area contributed by atoms with E-state index in [9.17, 15) is 0 Å². The number of ether oxygens (including phenoxy) is 1. The molecule has 0 radical (unpaired) electrons. The first-order chi connectivity index (χ1) is 6.29. The van der Waals surface area contributed by atoms with Crippen molar-refractivity contribution in [2.24, 2.45) is 0 Å². The van der Waals surface area contributed by atoms with Gasteiger partial charge in [0.05, 0.1) is 0 Å². The Morgan fingerprint density at radius 2 is 2.23 bits per heavy atom. The van der Waals surface area contributed by atoms with Gasteiger partial charge in [-0.15, -0.1) is 10.2 Å². The molecule has 0 spiro atoms. The van der Waals surface area contributed by atoms with E-state index in [1.807, 2.05) is 0 Å². The van der Waals surface area contributed by atoms with Crippen molar-refractivity contribution in [3.63, 3.8) is 0 Å². The third-order valence-electron chi connectivity index (χ3n) is 2.22. The van der Waals surface area contributed by atoms with Crippen LogP contribution in [-0.2, 0) is 4.74 Å². The molecule has 72 valence electrons. The molecular formula is C7H13N5O. The van der Waals surface area contributed by atoms with Gasteiger partial charge in [0.15, 0.2) is 5.82 Å². The lowest BCUT2D eigenvalue weighted by molar-refractivity contribution is 0.00809. The predicted molar refractivity (Wildman–Crippen MR) is 47.1 cm³/mol. The predicted octanol–water partition coefficient (Wildman–Crippen LogP) is -0.184. The van der Waals surface area contributed by atoms with Gasteiger partial charge >= 0.3 is 0 Å². The summed E-state index contributed by atoms with van der Waals surface area (Å²) in [5.74, 6) is 6.47. The zero-order valence-corrected chi connectivity index (χ0v) is 7.31. The molecule has 1 fully saturated rings. The minimum atomic E-state index is -0.0384. The summed E-state index contributed by atoms with van der Waals surface area (Å²) in [4.78, 5) is 0. The molecule has 2 rings (SSSR count). The zero-order valence-electron chi connectivity index (χ0n) is 7.31. The van der Waals surface area contributed by atoms with Crippen molar-refractivity contribution in [2.75, 3.05) is 18.2 Å². The van der Waals surface area contributed by atoms with Crippen LogP contribution in [0.5, 0.6) is 0 Å². The molecular weight excluding hydrogens is 170 g/mol. The normalized spacial score (nSPS) is 23.2. The highest BCUT2D eigenvalue weighted by Gasteiger charge is 2.22. The molecule has 2 heterocycles. The Morgan fingerprint density at radius 1 is 1.38 bits per heavy atom. The summed E-state index contributed by atoms with van der Waals surface area (Å²) in [6, 6.07) is 0. The molecule has 0 aliphatic carbocycles. The number of aromatic nitrogens is 3. The van der Waals surface area contributed by atoms with E-state index in [1.54, 1.807) is 0 Å². The van der Waals surface area contributed by atoms with Gasteiger partial charge in [0.25, 0.3) is 0 Å². The highest BCUT2D eigenvalue weighted by molar-refractivity contribution is 5.18. The summed E-state index contributed by atoms with van der Waals surface area (Å²) in [6.07, 6.45) is 3.14. The van der Waals surface area contributed by atoms with Gasteiger partial charge in [-0.2, -0.15) is 0 Å². The van der Waals surface area contributed by atoms with Crippen molar-refractivity contribution in [3.05, 3.63) is 5.82 Å². The molecule has 1 aromatic heterocycles. The molecule has 1 aromatic rings. The average Bonchev–Trinajstić information content (AvgIpc) is 2.49. The molecule has 1 unspecified atom stereocenters. The maximum Gasteiger partial charge on any atom is 0.240 e. The summed E-state index contributed by atoms with van der Waals surface area (Å²) in [6.45, 7) is 0.761. The third kappa shape index (κ3) is 1.44. The Labute approximate surface area is 75.8 Å². The van der Waals surface area contributed by atoms with Crippen LogP contribution in [0.2, 0.25) is 0 Å². The van der Waals surface area contributed by atoms with Crippen molar-refractivity contribution in [3.8, 4) is 0 Å². The zero-order chi connectivity index (χ0) is 9.26. The van der Waals surface area contributed by atoms with Gasteiger partial charge in [-0.25, -0.2) is 4.68 Å². The van der Waals surface area contributed by atoms with Crippen molar-refractivity contribution in [2.45, 2.75) is 25.4 Å². The van der Waals surface area contributed by atoms with E-state index in [0.29, 0.717) is 5.82 Å². The van der Waals surface area contributed by atoms with Crippen molar-refractivity contribution in [1.29, 1.82) is 0 Å². The molecule has 4 N–H and O–H groups in total. The summed E-state index contributed by atoms with van der Waals surface area (Å²) in [5, 5.41) is 7.55. The molecule has 6 nitrogen and oxygen atoms in total. The Morgan fingerprint density at radius 3 is 2.77 bits per heavy atom. The lowest BCUT2D eigenvalue weighted by Gasteiger charge is -2.20. The molecule has 0 bridgehead atoms. The summed E-state index contributed by atoms with van der Waals surface area (Å²) < 4.78 is 6.79. The number of hydrogen-bond acceptors (Lipinski definition) is 5. The summed E-state index contributed by atoms with van der Waals surface area (Å²) >= 11 is 0. The number of rotatable bonds is 1. The third-order valence-corrected chi connectivity index (χ3v) is 2.22. The fourth-order valence-electron chi connectivity index (χ4n) is 1.48. The fourth-order valence-corrected chi connectivity index (χ4v) is 1.48. The average molecular weight is 183 g/mol. The van der Waals surface area contributed by atoms with E-state index >= 15 is 0 Å². The summed E-state index contributed by atoms with van der Waals surface area (Å²) in [7, 11) is 0.